The average molecular weight is 242 g/mol. The molecule has 5 heteroatoms. The first-order valence-corrected chi connectivity index (χ1v) is 7.36. The lowest BCUT2D eigenvalue weighted by Crippen LogP contribution is -2.23. The first-order valence-electron chi connectivity index (χ1n) is 5.52. The van der Waals surface area contributed by atoms with Crippen molar-refractivity contribution in [2.45, 2.75) is 38.9 Å². The first kappa shape index (κ1) is 13.4. The SMILES string of the molecule is CCCC(C)NP(=O)(O)Cc1ccncc1. The van der Waals surface area contributed by atoms with Crippen molar-refractivity contribution in [1.82, 2.24) is 10.1 Å². The van der Waals surface area contributed by atoms with Crippen molar-refractivity contribution in [3.8, 4) is 0 Å². The molecule has 0 aliphatic rings. The van der Waals surface area contributed by atoms with Crippen molar-refractivity contribution in [3.63, 3.8) is 0 Å². The molecule has 0 aliphatic carbocycles. The van der Waals surface area contributed by atoms with Crippen LogP contribution in [0, 0.1) is 0 Å². The predicted molar refractivity (Wildman–Crippen MR) is 65.3 cm³/mol. The minimum Gasteiger partial charge on any atom is -0.333 e. The Morgan fingerprint density at radius 2 is 2.12 bits per heavy atom. The summed E-state index contributed by atoms with van der Waals surface area (Å²) in [6.45, 7) is 3.99. The van der Waals surface area contributed by atoms with E-state index in [0.717, 1.165) is 18.4 Å². The topological polar surface area (TPSA) is 62.2 Å². The highest BCUT2D eigenvalue weighted by Crippen LogP contribution is 2.40. The number of pyridine rings is 1. The number of nitrogens with one attached hydrogen (secondary N) is 1. The molecule has 4 nitrogen and oxygen atoms in total. The maximum atomic E-state index is 11.9. The van der Waals surface area contributed by atoms with Crippen LogP contribution in [0.3, 0.4) is 0 Å². The summed E-state index contributed by atoms with van der Waals surface area (Å²) in [4.78, 5) is 13.7. The second-order valence-corrected chi connectivity index (χ2v) is 6.01. The van der Waals surface area contributed by atoms with Gasteiger partial charge in [0.2, 0.25) is 0 Å². The van der Waals surface area contributed by atoms with Gasteiger partial charge in [0.05, 0.1) is 6.16 Å². The molecule has 0 amide bonds. The van der Waals surface area contributed by atoms with Crippen molar-refractivity contribution < 1.29 is 9.46 Å². The zero-order chi connectivity index (χ0) is 12.0. The standard InChI is InChI=1S/C11H19N2O2P/c1-3-4-10(2)13-16(14,15)9-11-5-7-12-8-6-11/h5-8,10H,3-4,9H2,1-2H3,(H2,13,14,15). The van der Waals surface area contributed by atoms with E-state index in [-0.39, 0.29) is 12.2 Å². The van der Waals surface area contributed by atoms with Gasteiger partial charge in [-0.15, -0.1) is 0 Å². The fourth-order valence-corrected chi connectivity index (χ4v) is 3.24. The van der Waals surface area contributed by atoms with Gasteiger partial charge in [-0.05, 0) is 31.0 Å². The molecule has 2 N–H and O–H groups in total. The van der Waals surface area contributed by atoms with Crippen LogP contribution in [0.1, 0.15) is 32.3 Å². The summed E-state index contributed by atoms with van der Waals surface area (Å²) in [7, 11) is -3.28. The second-order valence-electron chi connectivity index (χ2n) is 4.03. The van der Waals surface area contributed by atoms with Gasteiger partial charge < -0.3 is 4.89 Å². The Morgan fingerprint density at radius 3 is 2.69 bits per heavy atom. The van der Waals surface area contributed by atoms with Crippen molar-refractivity contribution in [2.24, 2.45) is 0 Å². The Labute approximate surface area is 96.6 Å². The molecule has 16 heavy (non-hydrogen) atoms. The van der Waals surface area contributed by atoms with E-state index in [9.17, 15) is 9.46 Å². The highest BCUT2D eigenvalue weighted by Gasteiger charge is 2.20. The summed E-state index contributed by atoms with van der Waals surface area (Å²) in [5.41, 5.74) is 0.831. The third kappa shape index (κ3) is 4.88. The van der Waals surface area contributed by atoms with E-state index in [4.69, 9.17) is 0 Å². The zero-order valence-corrected chi connectivity index (χ0v) is 10.7. The molecule has 0 saturated carbocycles. The Bertz CT molecular complexity index is 356. The van der Waals surface area contributed by atoms with Crippen LogP contribution in [0.5, 0.6) is 0 Å². The molecular formula is C11H19N2O2P. The lowest BCUT2D eigenvalue weighted by molar-refractivity contribution is 0.444. The Kier molecular flexibility index (Phi) is 5.13. The van der Waals surface area contributed by atoms with Gasteiger partial charge in [0.15, 0.2) is 0 Å². The monoisotopic (exact) mass is 242 g/mol. The second kappa shape index (κ2) is 6.14. The average Bonchev–Trinajstić information content (AvgIpc) is 2.17. The largest absolute Gasteiger partial charge is 0.333 e. The fraction of sp³-hybridized carbons (Fsp3) is 0.545. The summed E-state index contributed by atoms with van der Waals surface area (Å²) in [5, 5.41) is 2.80. The van der Waals surface area contributed by atoms with E-state index in [0.29, 0.717) is 0 Å². The van der Waals surface area contributed by atoms with Crippen molar-refractivity contribution in [2.75, 3.05) is 0 Å². The molecule has 0 saturated heterocycles. The maximum Gasteiger partial charge on any atom is 0.271 e. The summed E-state index contributed by atoms with van der Waals surface area (Å²) >= 11 is 0. The number of hydrogen-bond donors (Lipinski definition) is 2. The van der Waals surface area contributed by atoms with Crippen LogP contribution in [-0.2, 0) is 10.7 Å². The fourth-order valence-electron chi connectivity index (χ4n) is 1.62. The van der Waals surface area contributed by atoms with Crippen molar-refractivity contribution in [1.29, 1.82) is 0 Å². The van der Waals surface area contributed by atoms with Crippen LogP contribution in [0.4, 0.5) is 0 Å². The molecule has 1 heterocycles. The molecule has 0 fully saturated rings. The Balaban J connectivity index is 2.55. The molecule has 1 aromatic rings. The van der Waals surface area contributed by atoms with Crippen molar-refractivity contribution >= 4 is 7.52 Å². The quantitative estimate of drug-likeness (QED) is 0.752. The zero-order valence-electron chi connectivity index (χ0n) is 9.76. The third-order valence-electron chi connectivity index (χ3n) is 2.29. The summed E-state index contributed by atoms with van der Waals surface area (Å²) in [6.07, 6.45) is 5.32. The molecule has 0 spiro atoms. The van der Waals surface area contributed by atoms with Crippen LogP contribution in [0.15, 0.2) is 24.5 Å². The lowest BCUT2D eigenvalue weighted by Gasteiger charge is -2.18. The van der Waals surface area contributed by atoms with Gasteiger partial charge in [-0.3, -0.25) is 9.55 Å². The van der Waals surface area contributed by atoms with Crippen LogP contribution in [-0.4, -0.2) is 15.9 Å². The number of rotatable bonds is 6. The van der Waals surface area contributed by atoms with E-state index < -0.39 is 7.52 Å². The van der Waals surface area contributed by atoms with Gasteiger partial charge in [0.1, 0.15) is 0 Å². The smallest absolute Gasteiger partial charge is 0.271 e. The van der Waals surface area contributed by atoms with E-state index in [1.807, 2.05) is 6.92 Å². The van der Waals surface area contributed by atoms with Gasteiger partial charge in [0.25, 0.3) is 7.52 Å². The third-order valence-corrected chi connectivity index (χ3v) is 3.93. The minimum atomic E-state index is -3.28. The molecule has 0 bridgehead atoms. The summed E-state index contributed by atoms with van der Waals surface area (Å²) in [6, 6.07) is 3.59. The molecule has 2 atom stereocenters. The number of nitrogens with zero attached hydrogens (tertiary/aromatic N) is 1. The molecule has 0 aromatic carbocycles. The molecule has 0 radical (unpaired) electrons. The Hall–Kier alpha value is -0.700. The van der Waals surface area contributed by atoms with Crippen LogP contribution in [0.2, 0.25) is 0 Å². The number of hydrogen-bond acceptors (Lipinski definition) is 2. The van der Waals surface area contributed by atoms with Gasteiger partial charge in [-0.2, -0.15) is 0 Å². The van der Waals surface area contributed by atoms with E-state index in [2.05, 4.69) is 17.0 Å². The molecule has 1 rings (SSSR count). The highest BCUT2D eigenvalue weighted by atomic mass is 31.2. The van der Waals surface area contributed by atoms with Gasteiger partial charge >= 0.3 is 0 Å². The van der Waals surface area contributed by atoms with E-state index in [1.54, 1.807) is 24.5 Å². The lowest BCUT2D eigenvalue weighted by atomic mass is 10.2. The van der Waals surface area contributed by atoms with E-state index >= 15 is 0 Å². The van der Waals surface area contributed by atoms with E-state index in [1.165, 1.54) is 0 Å². The summed E-state index contributed by atoms with van der Waals surface area (Å²) < 4.78 is 11.9. The molecule has 90 valence electrons. The highest BCUT2D eigenvalue weighted by molar-refractivity contribution is 7.55. The maximum absolute atomic E-state index is 11.9. The van der Waals surface area contributed by atoms with Gasteiger partial charge in [-0.25, -0.2) is 5.09 Å². The first-order chi connectivity index (χ1) is 7.53. The molecule has 2 unspecified atom stereocenters. The van der Waals surface area contributed by atoms with Crippen LogP contribution in [0.25, 0.3) is 0 Å². The predicted octanol–water partition coefficient (Wildman–Crippen LogP) is 2.55. The molecule has 0 aliphatic heterocycles. The minimum absolute atomic E-state index is 0.0719. The van der Waals surface area contributed by atoms with Gasteiger partial charge in [-0.1, -0.05) is 13.3 Å². The molecular weight excluding hydrogens is 223 g/mol. The van der Waals surface area contributed by atoms with Crippen LogP contribution >= 0.6 is 7.52 Å². The normalized spacial score (nSPS) is 16.7. The van der Waals surface area contributed by atoms with Crippen LogP contribution < -0.4 is 5.09 Å². The molecule has 1 aromatic heterocycles. The van der Waals surface area contributed by atoms with Gasteiger partial charge in [0, 0.05) is 18.4 Å². The van der Waals surface area contributed by atoms with Crippen molar-refractivity contribution in [3.05, 3.63) is 30.1 Å². The Morgan fingerprint density at radius 1 is 1.50 bits per heavy atom. The number of aromatic nitrogens is 1. The summed E-state index contributed by atoms with van der Waals surface area (Å²) in [5.74, 6) is 0.